The van der Waals surface area contributed by atoms with Crippen molar-refractivity contribution in [1.82, 2.24) is 4.90 Å². The molecule has 1 saturated heterocycles. The molecule has 5 nitrogen and oxygen atoms in total. The molecule has 1 aromatic carbocycles. The summed E-state index contributed by atoms with van der Waals surface area (Å²) >= 11 is 6.02. The number of halogens is 1. The summed E-state index contributed by atoms with van der Waals surface area (Å²) < 4.78 is 0. The quantitative estimate of drug-likeness (QED) is 0.857. The average Bonchev–Trinajstić information content (AvgIpc) is 2.49. The van der Waals surface area contributed by atoms with Gasteiger partial charge in [-0.15, -0.1) is 0 Å². The molecule has 0 radical (unpaired) electrons. The number of piperazine rings is 1. The molecule has 2 rings (SSSR count). The van der Waals surface area contributed by atoms with E-state index in [1.54, 1.807) is 6.07 Å². The molecule has 0 aromatic heterocycles. The summed E-state index contributed by atoms with van der Waals surface area (Å²) in [6.07, 6.45) is 0.452. The Morgan fingerprint density at radius 3 is 2.59 bits per heavy atom. The van der Waals surface area contributed by atoms with E-state index in [1.807, 2.05) is 24.0 Å². The van der Waals surface area contributed by atoms with Gasteiger partial charge in [0, 0.05) is 23.6 Å². The average molecular weight is 325 g/mol. The Kier molecular flexibility index (Phi) is 5.80. The molecule has 2 amide bonds. The van der Waals surface area contributed by atoms with Crippen molar-refractivity contribution in [2.24, 2.45) is 0 Å². The lowest BCUT2D eigenvalue weighted by atomic mass is 10.2. The number of nitrogens with zero attached hydrogens (tertiary/aromatic N) is 1. The first-order valence-electron chi connectivity index (χ1n) is 7.61. The first-order chi connectivity index (χ1) is 10.5. The number of carbonyl (C=O) groups is 2. The molecule has 0 atom stereocenters. The van der Waals surface area contributed by atoms with Crippen LogP contribution in [-0.2, 0) is 9.59 Å². The van der Waals surface area contributed by atoms with E-state index in [4.69, 9.17) is 11.6 Å². The summed E-state index contributed by atoms with van der Waals surface area (Å²) in [4.78, 5) is 27.3. The van der Waals surface area contributed by atoms with Crippen molar-refractivity contribution in [2.45, 2.75) is 19.8 Å². The van der Waals surface area contributed by atoms with Crippen LogP contribution in [0.5, 0.6) is 0 Å². The number of carbonyl (C=O) groups excluding carboxylic acids is 2. The van der Waals surface area contributed by atoms with E-state index in [-0.39, 0.29) is 24.7 Å². The number of amides is 2. The van der Waals surface area contributed by atoms with Crippen LogP contribution in [0.1, 0.15) is 18.4 Å². The van der Waals surface area contributed by atoms with Crippen molar-refractivity contribution in [3.63, 3.8) is 0 Å². The highest BCUT2D eigenvalue weighted by molar-refractivity contribution is 6.31. The molecule has 120 valence electrons. The Morgan fingerprint density at radius 2 is 1.95 bits per heavy atom. The summed E-state index contributed by atoms with van der Waals surface area (Å²) in [5, 5.41) is 3.40. The summed E-state index contributed by atoms with van der Waals surface area (Å²) in [5.41, 5.74) is 1.63. The number of hydrogen-bond acceptors (Lipinski definition) is 2. The Hall–Kier alpha value is -1.59. The van der Waals surface area contributed by atoms with Crippen LogP contribution in [0.2, 0.25) is 5.02 Å². The van der Waals surface area contributed by atoms with E-state index < -0.39 is 0 Å². The molecule has 0 unspecified atom stereocenters. The van der Waals surface area contributed by atoms with Gasteiger partial charge in [-0.05, 0) is 24.6 Å². The van der Waals surface area contributed by atoms with Crippen LogP contribution in [0.4, 0.5) is 5.69 Å². The second-order valence-electron chi connectivity index (χ2n) is 5.85. The van der Waals surface area contributed by atoms with E-state index in [2.05, 4.69) is 12.4 Å². The Bertz CT molecular complexity index is 554. The number of likely N-dealkylation sites (N-methyl/N-ethyl adjacent to an activating group) is 1. The van der Waals surface area contributed by atoms with E-state index in [9.17, 15) is 9.59 Å². The summed E-state index contributed by atoms with van der Waals surface area (Å²) in [5.74, 6) is -0.0994. The molecule has 22 heavy (non-hydrogen) atoms. The maximum absolute atomic E-state index is 12.1. The van der Waals surface area contributed by atoms with Gasteiger partial charge in [0.2, 0.25) is 11.8 Å². The SMILES string of the molecule is Cc1ccc(NC(=O)CCC(=O)N2CC[NH+](C)CC2)cc1Cl. The lowest BCUT2D eigenvalue weighted by molar-refractivity contribution is -0.883. The Balaban J connectivity index is 1.77. The van der Waals surface area contributed by atoms with Crippen molar-refractivity contribution >= 4 is 29.1 Å². The van der Waals surface area contributed by atoms with Crippen LogP contribution in [0.25, 0.3) is 0 Å². The van der Waals surface area contributed by atoms with E-state index in [0.717, 1.165) is 31.7 Å². The highest BCUT2D eigenvalue weighted by Gasteiger charge is 2.21. The molecule has 1 aliphatic rings. The largest absolute Gasteiger partial charge is 0.334 e. The molecule has 1 fully saturated rings. The zero-order chi connectivity index (χ0) is 16.1. The molecule has 0 aliphatic carbocycles. The third kappa shape index (κ3) is 4.71. The maximum Gasteiger partial charge on any atom is 0.224 e. The summed E-state index contributed by atoms with van der Waals surface area (Å²) in [6.45, 7) is 5.41. The van der Waals surface area contributed by atoms with Gasteiger partial charge in [0.05, 0.1) is 33.2 Å². The molecule has 6 heteroatoms. The van der Waals surface area contributed by atoms with Crippen LogP contribution in [-0.4, -0.2) is 49.9 Å². The number of benzene rings is 1. The van der Waals surface area contributed by atoms with Crippen LogP contribution in [0.3, 0.4) is 0 Å². The molecule has 0 spiro atoms. The molecular weight excluding hydrogens is 302 g/mol. The fourth-order valence-electron chi connectivity index (χ4n) is 2.41. The second kappa shape index (κ2) is 7.61. The van der Waals surface area contributed by atoms with E-state index in [1.165, 1.54) is 4.90 Å². The fraction of sp³-hybridized carbons (Fsp3) is 0.500. The lowest BCUT2D eigenvalue weighted by Gasteiger charge is -2.30. The van der Waals surface area contributed by atoms with E-state index in [0.29, 0.717) is 10.7 Å². The van der Waals surface area contributed by atoms with Gasteiger partial charge in [0.25, 0.3) is 0 Å². The van der Waals surface area contributed by atoms with Gasteiger partial charge in [-0.2, -0.15) is 0 Å². The van der Waals surface area contributed by atoms with Crippen LogP contribution < -0.4 is 10.2 Å². The predicted molar refractivity (Wildman–Crippen MR) is 87.3 cm³/mol. The summed E-state index contributed by atoms with van der Waals surface area (Å²) in [7, 11) is 2.13. The summed E-state index contributed by atoms with van der Waals surface area (Å²) in [6, 6.07) is 5.39. The molecule has 1 heterocycles. The van der Waals surface area contributed by atoms with Crippen LogP contribution in [0.15, 0.2) is 18.2 Å². The first-order valence-corrected chi connectivity index (χ1v) is 7.98. The van der Waals surface area contributed by atoms with Gasteiger partial charge in [0.15, 0.2) is 0 Å². The van der Waals surface area contributed by atoms with Crippen molar-refractivity contribution in [1.29, 1.82) is 0 Å². The zero-order valence-corrected chi connectivity index (χ0v) is 13.9. The van der Waals surface area contributed by atoms with Gasteiger partial charge in [0.1, 0.15) is 0 Å². The smallest absolute Gasteiger partial charge is 0.224 e. The number of nitrogens with one attached hydrogen (secondary N) is 2. The van der Waals surface area contributed by atoms with Crippen molar-refractivity contribution in [3.05, 3.63) is 28.8 Å². The van der Waals surface area contributed by atoms with Gasteiger partial charge in [-0.3, -0.25) is 9.59 Å². The Morgan fingerprint density at radius 1 is 1.27 bits per heavy atom. The number of anilines is 1. The maximum atomic E-state index is 12.1. The second-order valence-corrected chi connectivity index (χ2v) is 6.26. The molecule has 1 aromatic rings. The van der Waals surface area contributed by atoms with Gasteiger partial charge >= 0.3 is 0 Å². The molecule has 0 bridgehead atoms. The van der Waals surface area contributed by atoms with Crippen molar-refractivity contribution in [2.75, 3.05) is 38.5 Å². The van der Waals surface area contributed by atoms with Crippen molar-refractivity contribution < 1.29 is 14.5 Å². The van der Waals surface area contributed by atoms with Gasteiger partial charge in [-0.1, -0.05) is 17.7 Å². The molecule has 1 aliphatic heterocycles. The predicted octanol–water partition coefficient (Wildman–Crippen LogP) is 0.724. The van der Waals surface area contributed by atoms with Gasteiger partial charge < -0.3 is 15.1 Å². The van der Waals surface area contributed by atoms with Crippen molar-refractivity contribution in [3.8, 4) is 0 Å². The monoisotopic (exact) mass is 324 g/mol. The van der Waals surface area contributed by atoms with Crippen LogP contribution in [0, 0.1) is 6.92 Å². The van der Waals surface area contributed by atoms with Crippen LogP contribution >= 0.6 is 11.6 Å². The lowest BCUT2D eigenvalue weighted by Crippen LogP contribution is -3.12. The first kappa shape index (κ1) is 16.8. The van der Waals surface area contributed by atoms with E-state index >= 15 is 0 Å². The minimum atomic E-state index is -0.159. The fourth-order valence-corrected chi connectivity index (χ4v) is 2.59. The minimum Gasteiger partial charge on any atom is -0.334 e. The molecular formula is C16H23ClN3O2+. The highest BCUT2D eigenvalue weighted by Crippen LogP contribution is 2.20. The number of hydrogen-bond donors (Lipinski definition) is 2. The number of rotatable bonds is 4. The normalized spacial score (nSPS) is 15.7. The molecule has 2 N–H and O–H groups in total. The van der Waals surface area contributed by atoms with Gasteiger partial charge in [-0.25, -0.2) is 0 Å². The standard InChI is InChI=1S/C16H22ClN3O2/c1-12-3-4-13(11-14(12)17)18-15(21)5-6-16(22)20-9-7-19(2)8-10-20/h3-4,11H,5-10H2,1-2H3,(H,18,21)/p+1. The highest BCUT2D eigenvalue weighted by atomic mass is 35.5. The number of aryl methyl sites for hydroxylation is 1. The molecule has 0 saturated carbocycles. The Labute approximate surface area is 136 Å². The third-order valence-electron chi connectivity index (χ3n) is 3.99. The zero-order valence-electron chi connectivity index (χ0n) is 13.1. The third-order valence-corrected chi connectivity index (χ3v) is 4.40. The minimum absolute atomic E-state index is 0.0598. The number of quaternary nitrogens is 1. The topological polar surface area (TPSA) is 53.9 Å².